The number of carbonyl (C=O) groups is 1. The van der Waals surface area contributed by atoms with Crippen LogP contribution in [0.3, 0.4) is 0 Å². The monoisotopic (exact) mass is 283 g/mol. The van der Waals surface area contributed by atoms with Gasteiger partial charge in [0, 0.05) is 11.0 Å². The van der Waals surface area contributed by atoms with Crippen LogP contribution >= 0.6 is 15.9 Å². The van der Waals surface area contributed by atoms with Crippen LogP contribution in [0.4, 0.5) is 0 Å². The fourth-order valence-corrected chi connectivity index (χ4v) is 1.49. The molecule has 1 amide bonds. The Labute approximate surface area is 103 Å². The minimum Gasteiger partial charge on any atom is -0.507 e. The number of rotatable bonds is 3. The van der Waals surface area contributed by atoms with Gasteiger partial charge in [-0.2, -0.15) is 0 Å². The number of carbonyl (C=O) groups excluding carboxylic acids is 1. The summed E-state index contributed by atoms with van der Waals surface area (Å²) in [6, 6.07) is 4.76. The van der Waals surface area contributed by atoms with Crippen LogP contribution in [0.15, 0.2) is 34.3 Å². The van der Waals surface area contributed by atoms with Crippen LogP contribution in [-0.4, -0.2) is 17.6 Å². The van der Waals surface area contributed by atoms with Gasteiger partial charge in [0.15, 0.2) is 0 Å². The lowest BCUT2D eigenvalue weighted by atomic mass is 10.2. The Balaban J connectivity index is 2.73. The maximum absolute atomic E-state index is 11.7. The van der Waals surface area contributed by atoms with Crippen LogP contribution in [0.1, 0.15) is 24.2 Å². The molecule has 0 saturated carbocycles. The molecule has 0 bridgehead atoms. The first kappa shape index (κ1) is 12.8. The van der Waals surface area contributed by atoms with Crippen LogP contribution in [0.25, 0.3) is 0 Å². The van der Waals surface area contributed by atoms with Crippen LogP contribution in [0.5, 0.6) is 5.75 Å². The number of allylic oxidation sites excluding steroid dienone is 1. The normalized spacial score (nSPS) is 9.69. The van der Waals surface area contributed by atoms with Gasteiger partial charge in [0.05, 0.1) is 5.56 Å². The topological polar surface area (TPSA) is 49.3 Å². The molecule has 1 aromatic carbocycles. The Hall–Kier alpha value is -1.29. The second-order valence-corrected chi connectivity index (χ2v) is 4.57. The third-order valence-corrected chi connectivity index (χ3v) is 2.47. The first-order valence-electron chi connectivity index (χ1n) is 4.91. The predicted octanol–water partition coefficient (Wildman–Crippen LogP) is 2.85. The summed E-state index contributed by atoms with van der Waals surface area (Å²) in [4.78, 5) is 11.7. The van der Waals surface area contributed by atoms with Gasteiger partial charge in [-0.15, -0.1) is 0 Å². The van der Waals surface area contributed by atoms with Crippen LogP contribution < -0.4 is 5.32 Å². The Morgan fingerprint density at radius 2 is 2.19 bits per heavy atom. The fraction of sp³-hybridized carbons (Fsp3) is 0.250. The van der Waals surface area contributed by atoms with Crippen molar-refractivity contribution in [2.24, 2.45) is 0 Å². The van der Waals surface area contributed by atoms with E-state index in [-0.39, 0.29) is 17.2 Å². The summed E-state index contributed by atoms with van der Waals surface area (Å²) < 4.78 is 0.762. The number of phenols is 1. The summed E-state index contributed by atoms with van der Waals surface area (Å²) in [5.74, 6) is -0.297. The summed E-state index contributed by atoms with van der Waals surface area (Å²) in [7, 11) is 0. The van der Waals surface area contributed by atoms with Gasteiger partial charge in [0.2, 0.25) is 0 Å². The van der Waals surface area contributed by atoms with Crippen LogP contribution in [0, 0.1) is 0 Å². The van der Waals surface area contributed by atoms with E-state index in [0.29, 0.717) is 6.54 Å². The van der Waals surface area contributed by atoms with Crippen molar-refractivity contribution in [2.45, 2.75) is 13.8 Å². The average Bonchev–Trinajstić information content (AvgIpc) is 2.21. The van der Waals surface area contributed by atoms with E-state index in [9.17, 15) is 9.90 Å². The highest BCUT2D eigenvalue weighted by Gasteiger charge is 2.10. The van der Waals surface area contributed by atoms with Gasteiger partial charge in [0.25, 0.3) is 5.91 Å². The molecule has 0 fully saturated rings. The molecule has 0 aliphatic heterocycles. The van der Waals surface area contributed by atoms with Crippen molar-refractivity contribution in [3.05, 3.63) is 39.9 Å². The summed E-state index contributed by atoms with van der Waals surface area (Å²) in [5.41, 5.74) is 1.41. The number of hydrogen-bond donors (Lipinski definition) is 2. The number of benzene rings is 1. The van der Waals surface area contributed by atoms with Crippen molar-refractivity contribution >= 4 is 21.8 Å². The molecular weight excluding hydrogens is 270 g/mol. The van der Waals surface area contributed by atoms with E-state index in [1.165, 1.54) is 6.07 Å². The molecule has 3 nitrogen and oxygen atoms in total. The Morgan fingerprint density at radius 1 is 1.50 bits per heavy atom. The van der Waals surface area contributed by atoms with E-state index in [2.05, 4.69) is 21.2 Å². The number of aromatic hydroxyl groups is 1. The average molecular weight is 284 g/mol. The van der Waals surface area contributed by atoms with Crippen molar-refractivity contribution in [2.75, 3.05) is 6.54 Å². The molecule has 16 heavy (non-hydrogen) atoms. The zero-order valence-electron chi connectivity index (χ0n) is 9.25. The third kappa shape index (κ3) is 3.70. The first-order chi connectivity index (χ1) is 7.50. The molecule has 4 heteroatoms. The van der Waals surface area contributed by atoms with Crippen LogP contribution in [-0.2, 0) is 0 Å². The van der Waals surface area contributed by atoms with Crippen molar-refractivity contribution in [3.8, 4) is 5.75 Å². The van der Waals surface area contributed by atoms with Gasteiger partial charge in [0.1, 0.15) is 5.75 Å². The minimum atomic E-state index is -0.281. The number of hydrogen-bond acceptors (Lipinski definition) is 2. The molecule has 1 aromatic rings. The van der Waals surface area contributed by atoms with E-state index in [4.69, 9.17) is 0 Å². The summed E-state index contributed by atoms with van der Waals surface area (Å²) >= 11 is 3.25. The number of nitrogens with one attached hydrogen (secondary N) is 1. The third-order valence-electron chi connectivity index (χ3n) is 1.98. The van der Waals surface area contributed by atoms with Gasteiger partial charge in [-0.1, -0.05) is 27.6 Å². The molecule has 1 rings (SSSR count). The first-order valence-corrected chi connectivity index (χ1v) is 5.70. The Bertz CT molecular complexity index is 423. The van der Waals surface area contributed by atoms with Crippen molar-refractivity contribution in [3.63, 3.8) is 0 Å². The second-order valence-electron chi connectivity index (χ2n) is 3.65. The molecular formula is C12H14BrNO2. The lowest BCUT2D eigenvalue weighted by Crippen LogP contribution is -2.23. The molecule has 86 valence electrons. The minimum absolute atomic E-state index is 0.0158. The zero-order valence-corrected chi connectivity index (χ0v) is 10.8. The van der Waals surface area contributed by atoms with E-state index < -0.39 is 0 Å². The predicted molar refractivity (Wildman–Crippen MR) is 67.6 cm³/mol. The molecule has 0 radical (unpaired) electrons. The van der Waals surface area contributed by atoms with Gasteiger partial charge in [-0.3, -0.25) is 4.79 Å². The highest BCUT2D eigenvalue weighted by atomic mass is 79.9. The zero-order chi connectivity index (χ0) is 12.1. The molecule has 2 N–H and O–H groups in total. The van der Waals surface area contributed by atoms with Crippen molar-refractivity contribution in [1.82, 2.24) is 5.32 Å². The Morgan fingerprint density at radius 3 is 2.81 bits per heavy atom. The van der Waals surface area contributed by atoms with E-state index >= 15 is 0 Å². The fourth-order valence-electron chi connectivity index (χ4n) is 1.13. The largest absolute Gasteiger partial charge is 0.507 e. The molecule has 0 heterocycles. The summed E-state index contributed by atoms with van der Waals surface area (Å²) in [6.45, 7) is 4.39. The molecule has 0 aliphatic carbocycles. The quantitative estimate of drug-likeness (QED) is 0.838. The molecule has 0 atom stereocenters. The van der Waals surface area contributed by atoms with E-state index in [0.717, 1.165) is 10.0 Å². The van der Waals surface area contributed by atoms with Gasteiger partial charge in [-0.25, -0.2) is 0 Å². The standard InChI is InChI=1S/C12H14BrNO2/c1-8(2)5-6-14-12(16)10-7-9(13)3-4-11(10)15/h3-5,7,15H,6H2,1-2H3,(H,14,16). The van der Waals surface area contributed by atoms with E-state index in [1.807, 2.05) is 19.9 Å². The lowest BCUT2D eigenvalue weighted by Gasteiger charge is -2.05. The molecule has 0 saturated heterocycles. The van der Waals surface area contributed by atoms with Crippen molar-refractivity contribution < 1.29 is 9.90 Å². The molecule has 0 spiro atoms. The molecule has 0 unspecified atom stereocenters. The summed E-state index contributed by atoms with van der Waals surface area (Å²) in [5, 5.41) is 12.2. The van der Waals surface area contributed by atoms with Gasteiger partial charge < -0.3 is 10.4 Å². The highest BCUT2D eigenvalue weighted by molar-refractivity contribution is 9.10. The smallest absolute Gasteiger partial charge is 0.255 e. The maximum Gasteiger partial charge on any atom is 0.255 e. The van der Waals surface area contributed by atoms with Crippen LogP contribution in [0.2, 0.25) is 0 Å². The number of halogens is 1. The second kappa shape index (κ2) is 5.70. The lowest BCUT2D eigenvalue weighted by molar-refractivity contribution is 0.0955. The Kier molecular flexibility index (Phi) is 4.55. The maximum atomic E-state index is 11.7. The van der Waals surface area contributed by atoms with Crippen molar-refractivity contribution in [1.29, 1.82) is 0 Å². The molecule has 0 aliphatic rings. The highest BCUT2D eigenvalue weighted by Crippen LogP contribution is 2.21. The SMILES string of the molecule is CC(C)=CCNC(=O)c1cc(Br)ccc1O. The van der Waals surface area contributed by atoms with Gasteiger partial charge >= 0.3 is 0 Å². The number of phenolic OH excluding ortho intramolecular Hbond substituents is 1. The molecule has 0 aromatic heterocycles. The number of amides is 1. The summed E-state index contributed by atoms with van der Waals surface area (Å²) in [6.07, 6.45) is 1.91. The van der Waals surface area contributed by atoms with E-state index in [1.54, 1.807) is 12.1 Å². The van der Waals surface area contributed by atoms with Gasteiger partial charge in [-0.05, 0) is 32.0 Å².